The quantitative estimate of drug-likeness (QED) is 0.809. The van der Waals surface area contributed by atoms with Crippen molar-refractivity contribution in [3.8, 4) is 0 Å². The molecule has 25 heavy (non-hydrogen) atoms. The fourth-order valence-corrected chi connectivity index (χ4v) is 4.59. The van der Waals surface area contributed by atoms with Crippen LogP contribution in [0.2, 0.25) is 5.02 Å². The number of hydrogen-bond acceptors (Lipinski definition) is 4. The standard InChI is InChI=1S/C18H22ClN3O2S/c1-12-7-13(2)10-21(9-12)17(24)11-25-18-20-8-16(23)22(18)15-6-4-3-5-14(15)19/h3-6,12-13H,7-11H2,1-2H3/t12-,13-/m1/s1. The van der Waals surface area contributed by atoms with Gasteiger partial charge in [0.05, 0.1) is 16.5 Å². The molecule has 134 valence electrons. The van der Waals surface area contributed by atoms with Gasteiger partial charge in [0, 0.05) is 13.1 Å². The summed E-state index contributed by atoms with van der Waals surface area (Å²) in [7, 11) is 0. The highest BCUT2D eigenvalue weighted by Gasteiger charge is 2.31. The Hall–Kier alpha value is -1.53. The fourth-order valence-electron chi connectivity index (χ4n) is 3.45. The Morgan fingerprint density at radius 3 is 2.64 bits per heavy atom. The van der Waals surface area contributed by atoms with Crippen molar-refractivity contribution in [3.05, 3.63) is 29.3 Å². The number of halogens is 1. The highest BCUT2D eigenvalue weighted by atomic mass is 35.5. The summed E-state index contributed by atoms with van der Waals surface area (Å²) in [6.45, 7) is 6.08. The van der Waals surface area contributed by atoms with Gasteiger partial charge in [-0.25, -0.2) is 0 Å². The SMILES string of the molecule is C[C@@H]1C[C@@H](C)CN(C(=O)CSC2=NCC(=O)N2c2ccccc2Cl)C1. The van der Waals surface area contributed by atoms with Crippen LogP contribution in [0.25, 0.3) is 0 Å². The minimum absolute atomic E-state index is 0.0968. The molecule has 5 nitrogen and oxygen atoms in total. The van der Waals surface area contributed by atoms with E-state index in [0.717, 1.165) is 13.1 Å². The number of anilines is 1. The number of nitrogens with zero attached hydrogens (tertiary/aromatic N) is 3. The number of carbonyl (C=O) groups is 2. The topological polar surface area (TPSA) is 53.0 Å². The number of amides is 2. The Bertz CT molecular complexity index is 699. The van der Waals surface area contributed by atoms with E-state index >= 15 is 0 Å². The second-order valence-electron chi connectivity index (χ2n) is 6.81. The number of thioether (sulfide) groups is 1. The van der Waals surface area contributed by atoms with E-state index in [1.165, 1.54) is 23.1 Å². The van der Waals surface area contributed by atoms with E-state index in [-0.39, 0.29) is 24.1 Å². The van der Waals surface area contributed by atoms with Crippen LogP contribution in [-0.4, -0.2) is 47.3 Å². The lowest BCUT2D eigenvalue weighted by Gasteiger charge is -2.35. The molecule has 2 aliphatic heterocycles. The number of para-hydroxylation sites is 1. The van der Waals surface area contributed by atoms with Crippen molar-refractivity contribution >= 4 is 46.0 Å². The number of aliphatic imine (C=N–C) groups is 1. The van der Waals surface area contributed by atoms with E-state index in [4.69, 9.17) is 11.6 Å². The molecule has 2 aliphatic rings. The smallest absolute Gasteiger partial charge is 0.254 e. The molecular formula is C18H22ClN3O2S. The van der Waals surface area contributed by atoms with Gasteiger partial charge in [-0.1, -0.05) is 49.3 Å². The van der Waals surface area contributed by atoms with E-state index in [1.54, 1.807) is 12.1 Å². The van der Waals surface area contributed by atoms with Crippen molar-refractivity contribution in [1.82, 2.24) is 4.90 Å². The summed E-state index contributed by atoms with van der Waals surface area (Å²) in [6.07, 6.45) is 1.17. The van der Waals surface area contributed by atoms with Gasteiger partial charge in [-0.15, -0.1) is 0 Å². The van der Waals surface area contributed by atoms with Gasteiger partial charge in [0.25, 0.3) is 5.91 Å². The molecule has 3 rings (SSSR count). The van der Waals surface area contributed by atoms with Crippen LogP contribution in [0.1, 0.15) is 20.3 Å². The van der Waals surface area contributed by atoms with E-state index in [0.29, 0.717) is 27.7 Å². The maximum atomic E-state index is 12.6. The molecule has 0 aliphatic carbocycles. The Kier molecular flexibility index (Phi) is 5.69. The minimum Gasteiger partial charge on any atom is -0.341 e. The van der Waals surface area contributed by atoms with Gasteiger partial charge in [0.15, 0.2) is 5.17 Å². The van der Waals surface area contributed by atoms with Gasteiger partial charge < -0.3 is 4.90 Å². The molecule has 1 saturated heterocycles. The van der Waals surface area contributed by atoms with Crippen molar-refractivity contribution < 1.29 is 9.59 Å². The van der Waals surface area contributed by atoms with E-state index in [2.05, 4.69) is 18.8 Å². The first-order valence-corrected chi connectivity index (χ1v) is 9.84. The third-order valence-corrected chi connectivity index (χ3v) is 5.71. The number of carbonyl (C=O) groups excluding carboxylic acids is 2. The largest absolute Gasteiger partial charge is 0.341 e. The highest BCUT2D eigenvalue weighted by Crippen LogP contribution is 2.30. The molecule has 7 heteroatoms. The summed E-state index contributed by atoms with van der Waals surface area (Å²) >= 11 is 7.53. The molecule has 2 heterocycles. The van der Waals surface area contributed by atoms with Crippen molar-refractivity contribution in [3.63, 3.8) is 0 Å². The molecule has 0 bridgehead atoms. The average Bonchev–Trinajstić information content (AvgIpc) is 2.93. The summed E-state index contributed by atoms with van der Waals surface area (Å²) in [6, 6.07) is 7.18. The molecule has 2 amide bonds. The summed E-state index contributed by atoms with van der Waals surface area (Å²) in [5.41, 5.74) is 0.616. The lowest BCUT2D eigenvalue weighted by atomic mass is 9.92. The Labute approximate surface area is 157 Å². The molecule has 0 radical (unpaired) electrons. The maximum Gasteiger partial charge on any atom is 0.254 e. The van der Waals surface area contributed by atoms with Crippen LogP contribution < -0.4 is 4.90 Å². The number of amidine groups is 1. The van der Waals surface area contributed by atoms with Crippen LogP contribution in [0.4, 0.5) is 5.69 Å². The fraction of sp³-hybridized carbons (Fsp3) is 0.500. The predicted octanol–water partition coefficient (Wildman–Crippen LogP) is 3.28. The first kappa shape index (κ1) is 18.3. The molecule has 0 N–H and O–H groups in total. The zero-order valence-corrected chi connectivity index (χ0v) is 16.0. The van der Waals surface area contributed by atoms with Crippen molar-refractivity contribution in [2.45, 2.75) is 20.3 Å². The monoisotopic (exact) mass is 379 g/mol. The van der Waals surface area contributed by atoms with Gasteiger partial charge in [0.2, 0.25) is 5.91 Å². The second-order valence-corrected chi connectivity index (χ2v) is 8.16. The summed E-state index contributed by atoms with van der Waals surface area (Å²) in [5.74, 6) is 1.32. The Balaban J connectivity index is 1.65. The Morgan fingerprint density at radius 1 is 1.28 bits per heavy atom. The zero-order chi connectivity index (χ0) is 18.0. The van der Waals surface area contributed by atoms with Crippen molar-refractivity contribution in [2.75, 3.05) is 30.3 Å². The molecule has 0 unspecified atom stereocenters. The van der Waals surface area contributed by atoms with Crippen LogP contribution in [-0.2, 0) is 9.59 Å². The van der Waals surface area contributed by atoms with Crippen LogP contribution >= 0.6 is 23.4 Å². The first-order valence-electron chi connectivity index (χ1n) is 8.48. The van der Waals surface area contributed by atoms with Gasteiger partial charge in [0.1, 0.15) is 6.54 Å². The van der Waals surface area contributed by atoms with E-state index in [1.807, 2.05) is 17.0 Å². The highest BCUT2D eigenvalue weighted by molar-refractivity contribution is 8.14. The number of hydrogen-bond donors (Lipinski definition) is 0. The van der Waals surface area contributed by atoms with Gasteiger partial charge in [-0.05, 0) is 30.4 Å². The third kappa shape index (κ3) is 4.18. The van der Waals surface area contributed by atoms with Crippen molar-refractivity contribution in [2.24, 2.45) is 16.8 Å². The van der Waals surface area contributed by atoms with Gasteiger partial charge >= 0.3 is 0 Å². The van der Waals surface area contributed by atoms with Gasteiger partial charge in [-0.2, -0.15) is 0 Å². The first-order chi connectivity index (χ1) is 12.0. The Morgan fingerprint density at radius 2 is 1.96 bits per heavy atom. The summed E-state index contributed by atoms with van der Waals surface area (Å²) < 4.78 is 0. The normalized spacial score (nSPS) is 23.8. The minimum atomic E-state index is -0.122. The molecule has 0 spiro atoms. The van der Waals surface area contributed by atoms with E-state index < -0.39 is 0 Å². The second kappa shape index (κ2) is 7.79. The molecular weight excluding hydrogens is 358 g/mol. The molecule has 1 aromatic rings. The lowest BCUT2D eigenvalue weighted by molar-refractivity contribution is -0.131. The number of likely N-dealkylation sites (tertiary alicyclic amines) is 1. The zero-order valence-electron chi connectivity index (χ0n) is 14.4. The van der Waals surface area contributed by atoms with Crippen LogP contribution in [0.3, 0.4) is 0 Å². The summed E-state index contributed by atoms with van der Waals surface area (Å²) in [4.78, 5) is 32.5. The van der Waals surface area contributed by atoms with Crippen LogP contribution in [0.15, 0.2) is 29.3 Å². The molecule has 2 atom stereocenters. The molecule has 0 aromatic heterocycles. The summed E-state index contributed by atoms with van der Waals surface area (Å²) in [5, 5.41) is 1.04. The van der Waals surface area contributed by atoms with Crippen LogP contribution in [0.5, 0.6) is 0 Å². The van der Waals surface area contributed by atoms with Crippen LogP contribution in [0, 0.1) is 11.8 Å². The number of benzene rings is 1. The molecule has 1 aromatic carbocycles. The maximum absolute atomic E-state index is 12.6. The van der Waals surface area contributed by atoms with Crippen molar-refractivity contribution in [1.29, 1.82) is 0 Å². The lowest BCUT2D eigenvalue weighted by Crippen LogP contribution is -2.43. The number of rotatable bonds is 3. The molecule has 0 saturated carbocycles. The average molecular weight is 380 g/mol. The number of piperidine rings is 1. The third-order valence-electron chi connectivity index (χ3n) is 4.43. The van der Waals surface area contributed by atoms with E-state index in [9.17, 15) is 9.59 Å². The molecule has 1 fully saturated rings. The van der Waals surface area contributed by atoms with Gasteiger partial charge in [-0.3, -0.25) is 19.5 Å². The predicted molar refractivity (Wildman–Crippen MR) is 103 cm³/mol.